The zero-order valence-corrected chi connectivity index (χ0v) is 17.2. The normalized spacial score (nSPS) is 16.1. The number of esters is 2. The van der Waals surface area contributed by atoms with Gasteiger partial charge in [0.1, 0.15) is 18.4 Å². The van der Waals surface area contributed by atoms with Crippen molar-refractivity contribution in [3.63, 3.8) is 0 Å². The van der Waals surface area contributed by atoms with Crippen LogP contribution in [-0.2, 0) is 25.5 Å². The fourth-order valence-corrected chi connectivity index (χ4v) is 3.09. The minimum Gasteiger partial charge on any atom is -0.467 e. The Morgan fingerprint density at radius 2 is 1.93 bits per heavy atom. The van der Waals surface area contributed by atoms with E-state index >= 15 is 0 Å². The van der Waals surface area contributed by atoms with Crippen LogP contribution in [0.15, 0.2) is 62.8 Å². The summed E-state index contributed by atoms with van der Waals surface area (Å²) in [6, 6.07) is 9.13. The van der Waals surface area contributed by atoms with Crippen LogP contribution in [0.5, 0.6) is 0 Å². The summed E-state index contributed by atoms with van der Waals surface area (Å²) in [4.78, 5) is 36.8. The van der Waals surface area contributed by atoms with Crippen LogP contribution in [0.25, 0.3) is 0 Å². The molecule has 1 aromatic heterocycles. The Labute approximate surface area is 175 Å². The molecule has 2 aromatic rings. The smallest absolute Gasteiger partial charge is 0.338 e. The molecule has 2 N–H and O–H groups in total. The van der Waals surface area contributed by atoms with Crippen molar-refractivity contribution in [3.8, 4) is 0 Å². The predicted octanol–water partition coefficient (Wildman–Crippen LogP) is 3.00. The summed E-state index contributed by atoms with van der Waals surface area (Å²) >= 11 is 3.33. The number of nitrogens with one attached hydrogen (secondary N) is 2. The molecule has 2 heterocycles. The number of hydrogen-bond acceptors (Lipinski definition) is 6. The molecule has 1 unspecified atom stereocenters. The van der Waals surface area contributed by atoms with Crippen molar-refractivity contribution in [2.75, 3.05) is 13.2 Å². The Morgan fingerprint density at radius 3 is 2.59 bits per heavy atom. The molecule has 0 fully saturated rings. The molecule has 1 aliphatic heterocycles. The number of carbonyl (C=O) groups excluding carboxylic acids is 3. The number of halogens is 1. The molecule has 0 radical (unpaired) electrons. The van der Waals surface area contributed by atoms with Gasteiger partial charge in [-0.3, -0.25) is 4.79 Å². The maximum Gasteiger partial charge on any atom is 0.338 e. The number of benzene rings is 1. The Bertz CT molecular complexity index is 921. The van der Waals surface area contributed by atoms with E-state index in [1.165, 1.54) is 6.26 Å². The van der Waals surface area contributed by atoms with E-state index < -0.39 is 24.0 Å². The van der Waals surface area contributed by atoms with Gasteiger partial charge in [-0.25, -0.2) is 9.59 Å². The van der Waals surface area contributed by atoms with Crippen LogP contribution in [0.2, 0.25) is 0 Å². The molecule has 2 amide bonds. The molecule has 0 aliphatic carbocycles. The van der Waals surface area contributed by atoms with Crippen molar-refractivity contribution in [1.29, 1.82) is 0 Å². The third kappa shape index (κ3) is 5.26. The zero-order chi connectivity index (χ0) is 20.8. The molecule has 1 aliphatic rings. The number of urea groups is 1. The molecule has 3 rings (SSSR count). The van der Waals surface area contributed by atoms with Crippen molar-refractivity contribution in [2.24, 2.45) is 0 Å². The van der Waals surface area contributed by atoms with Gasteiger partial charge in [-0.2, -0.15) is 0 Å². The number of furan rings is 1. The molecular weight excluding hydrogens is 444 g/mol. The van der Waals surface area contributed by atoms with Crippen LogP contribution in [-0.4, -0.2) is 31.2 Å². The first-order chi connectivity index (χ1) is 14.0. The lowest BCUT2D eigenvalue weighted by Gasteiger charge is -2.27. The fraction of sp³-hybridized carbons (Fsp3) is 0.250. The van der Waals surface area contributed by atoms with Crippen molar-refractivity contribution in [2.45, 2.75) is 19.4 Å². The van der Waals surface area contributed by atoms with Crippen molar-refractivity contribution >= 4 is 33.9 Å². The van der Waals surface area contributed by atoms with E-state index in [4.69, 9.17) is 13.9 Å². The van der Waals surface area contributed by atoms with Crippen molar-refractivity contribution in [3.05, 3.63) is 69.7 Å². The first-order valence-electron chi connectivity index (χ1n) is 8.89. The van der Waals surface area contributed by atoms with Crippen LogP contribution in [0.3, 0.4) is 0 Å². The van der Waals surface area contributed by atoms with E-state index in [-0.39, 0.29) is 30.9 Å². The predicted molar refractivity (Wildman–Crippen MR) is 106 cm³/mol. The van der Waals surface area contributed by atoms with Gasteiger partial charge in [0.05, 0.1) is 30.6 Å². The molecule has 152 valence electrons. The molecule has 8 nitrogen and oxygen atoms in total. The van der Waals surface area contributed by atoms with Gasteiger partial charge in [0.15, 0.2) is 0 Å². The molecule has 0 saturated heterocycles. The molecule has 0 bridgehead atoms. The van der Waals surface area contributed by atoms with E-state index in [1.807, 2.05) is 12.1 Å². The Balaban J connectivity index is 1.79. The highest BCUT2D eigenvalue weighted by molar-refractivity contribution is 9.10. The lowest BCUT2D eigenvalue weighted by Crippen LogP contribution is -2.47. The van der Waals surface area contributed by atoms with E-state index in [0.29, 0.717) is 5.76 Å². The Hall–Kier alpha value is -3.07. The lowest BCUT2D eigenvalue weighted by molar-refractivity contribution is -0.143. The summed E-state index contributed by atoms with van der Waals surface area (Å²) in [5.74, 6) is -0.771. The number of ether oxygens (including phenoxy) is 2. The molecule has 0 spiro atoms. The molecule has 1 atom stereocenters. The SMILES string of the molecule is CCOC(=O)C1=C(COC(=O)Cc2ccc(Br)cc2)NC(=O)NC1c1ccco1. The van der Waals surface area contributed by atoms with Crippen LogP contribution >= 0.6 is 15.9 Å². The summed E-state index contributed by atoms with van der Waals surface area (Å²) < 4.78 is 16.7. The average molecular weight is 463 g/mol. The molecule has 9 heteroatoms. The number of carbonyl (C=O) groups is 3. The van der Waals surface area contributed by atoms with Gasteiger partial charge in [0.25, 0.3) is 0 Å². The Kier molecular flexibility index (Phi) is 6.71. The van der Waals surface area contributed by atoms with Crippen LogP contribution < -0.4 is 10.6 Å². The standard InChI is InChI=1S/C20H19BrN2O6/c1-2-27-19(25)17-14(22-20(26)23-18(17)15-4-3-9-28-15)11-29-16(24)10-12-5-7-13(21)8-6-12/h3-9,18H,2,10-11H2,1H3,(H2,22,23,26). The maximum atomic E-state index is 12.5. The van der Waals surface area contributed by atoms with Gasteiger partial charge in [0.2, 0.25) is 0 Å². The topological polar surface area (TPSA) is 107 Å². The van der Waals surface area contributed by atoms with E-state index in [0.717, 1.165) is 10.0 Å². The summed E-state index contributed by atoms with van der Waals surface area (Å²) in [5, 5.41) is 5.15. The second-order valence-electron chi connectivity index (χ2n) is 6.12. The summed E-state index contributed by atoms with van der Waals surface area (Å²) in [7, 11) is 0. The quantitative estimate of drug-likeness (QED) is 0.612. The average Bonchev–Trinajstić information content (AvgIpc) is 3.22. The van der Waals surface area contributed by atoms with Crippen molar-refractivity contribution in [1.82, 2.24) is 10.6 Å². The molecular formula is C20H19BrN2O6. The first kappa shape index (κ1) is 20.7. The van der Waals surface area contributed by atoms with E-state index in [9.17, 15) is 14.4 Å². The van der Waals surface area contributed by atoms with Gasteiger partial charge in [-0.15, -0.1) is 0 Å². The number of hydrogen-bond donors (Lipinski definition) is 2. The monoisotopic (exact) mass is 462 g/mol. The van der Waals surface area contributed by atoms with Crippen LogP contribution in [0, 0.1) is 0 Å². The highest BCUT2D eigenvalue weighted by Crippen LogP contribution is 2.28. The second-order valence-corrected chi connectivity index (χ2v) is 7.04. The van der Waals surface area contributed by atoms with Crippen molar-refractivity contribution < 1.29 is 28.3 Å². The van der Waals surface area contributed by atoms with E-state index in [2.05, 4.69) is 26.6 Å². The van der Waals surface area contributed by atoms with Gasteiger partial charge >= 0.3 is 18.0 Å². The van der Waals surface area contributed by atoms with E-state index in [1.54, 1.807) is 31.2 Å². The molecule has 1 aromatic carbocycles. The highest BCUT2D eigenvalue weighted by Gasteiger charge is 2.35. The van der Waals surface area contributed by atoms with Gasteiger partial charge in [0, 0.05) is 4.47 Å². The lowest BCUT2D eigenvalue weighted by atomic mass is 10.0. The second kappa shape index (κ2) is 9.42. The summed E-state index contributed by atoms with van der Waals surface area (Å²) in [5.41, 5.74) is 1.05. The minimum atomic E-state index is -0.849. The molecule has 0 saturated carbocycles. The largest absolute Gasteiger partial charge is 0.467 e. The first-order valence-corrected chi connectivity index (χ1v) is 9.68. The fourth-order valence-electron chi connectivity index (χ4n) is 2.82. The maximum absolute atomic E-state index is 12.5. The number of amides is 2. The van der Waals surface area contributed by atoms with Gasteiger partial charge in [-0.05, 0) is 36.8 Å². The van der Waals surface area contributed by atoms with Crippen LogP contribution in [0.4, 0.5) is 4.79 Å². The van der Waals surface area contributed by atoms with Crippen LogP contribution in [0.1, 0.15) is 24.3 Å². The molecule has 29 heavy (non-hydrogen) atoms. The Morgan fingerprint density at radius 1 is 1.17 bits per heavy atom. The van der Waals surface area contributed by atoms with Gasteiger partial charge < -0.3 is 24.5 Å². The third-order valence-corrected chi connectivity index (χ3v) is 4.64. The highest BCUT2D eigenvalue weighted by atomic mass is 79.9. The number of rotatable bonds is 7. The zero-order valence-electron chi connectivity index (χ0n) is 15.6. The van der Waals surface area contributed by atoms with Gasteiger partial charge in [-0.1, -0.05) is 28.1 Å². The third-order valence-electron chi connectivity index (χ3n) is 4.12. The minimum absolute atomic E-state index is 0.0586. The summed E-state index contributed by atoms with van der Waals surface area (Å²) in [6.07, 6.45) is 1.49. The summed E-state index contributed by atoms with van der Waals surface area (Å²) in [6.45, 7) is 1.54.